The summed E-state index contributed by atoms with van der Waals surface area (Å²) < 4.78 is 1.65. The van der Waals surface area contributed by atoms with Gasteiger partial charge in [-0.3, -0.25) is 0 Å². The molecule has 2 aromatic heterocycles. The number of anilines is 1. The van der Waals surface area contributed by atoms with Gasteiger partial charge >= 0.3 is 0 Å². The molecule has 1 N–H and O–H groups in total. The Kier molecular flexibility index (Phi) is 3.05. The van der Waals surface area contributed by atoms with Crippen molar-refractivity contribution in [2.75, 3.05) is 12.4 Å². The van der Waals surface area contributed by atoms with E-state index in [1.807, 2.05) is 37.3 Å². The number of hydrogen-bond donors (Lipinski definition) is 1. The molecule has 0 saturated carbocycles. The second-order valence-corrected chi connectivity index (χ2v) is 4.25. The zero-order valence-electron chi connectivity index (χ0n) is 11.3. The minimum Gasteiger partial charge on any atom is -0.357 e. The second-order valence-electron chi connectivity index (χ2n) is 4.25. The molecular weight excluding hydrogens is 250 g/mol. The van der Waals surface area contributed by atoms with Crippen molar-refractivity contribution in [3.63, 3.8) is 0 Å². The molecule has 98 valence electrons. The summed E-state index contributed by atoms with van der Waals surface area (Å²) >= 11 is 0. The molecule has 2 heterocycles. The third-order valence-corrected chi connectivity index (χ3v) is 2.82. The summed E-state index contributed by atoms with van der Waals surface area (Å²) in [6.45, 7) is 1.85. The summed E-state index contributed by atoms with van der Waals surface area (Å²) in [5.41, 5.74) is 2.47. The van der Waals surface area contributed by atoms with Gasteiger partial charge in [0.15, 0.2) is 5.65 Å². The molecule has 0 aliphatic rings. The number of fused-ring (bicyclic) bond motifs is 1. The van der Waals surface area contributed by atoms with E-state index in [9.17, 15) is 0 Å². The quantitative estimate of drug-likeness (QED) is 0.681. The van der Waals surface area contributed by atoms with E-state index < -0.39 is 0 Å². The molecule has 0 atom stereocenters. The molecule has 1 aromatic carbocycles. The standard InChI is InChI=1S/C15H13N5/c1-11-18-14-13(9-8-12-6-4-3-5-7-12)10-17-20(14)15(16-2)19-11/h3-7,10H,1-2H3,(H,16,18,19). The highest BCUT2D eigenvalue weighted by molar-refractivity contribution is 5.59. The highest BCUT2D eigenvalue weighted by atomic mass is 15.3. The first-order valence-corrected chi connectivity index (χ1v) is 6.25. The van der Waals surface area contributed by atoms with Crippen LogP contribution in [0, 0.1) is 18.8 Å². The lowest BCUT2D eigenvalue weighted by molar-refractivity contribution is 0.877. The first-order chi connectivity index (χ1) is 9.78. The molecular formula is C15H13N5. The Morgan fingerprint density at radius 2 is 1.90 bits per heavy atom. The molecule has 0 aliphatic carbocycles. The maximum absolute atomic E-state index is 4.40. The number of benzene rings is 1. The lowest BCUT2D eigenvalue weighted by atomic mass is 10.2. The Balaban J connectivity index is 2.10. The first-order valence-electron chi connectivity index (χ1n) is 6.25. The molecule has 0 bridgehead atoms. The monoisotopic (exact) mass is 263 g/mol. The van der Waals surface area contributed by atoms with Crippen molar-refractivity contribution in [1.82, 2.24) is 19.6 Å². The van der Waals surface area contributed by atoms with Gasteiger partial charge in [-0.05, 0) is 19.1 Å². The van der Waals surface area contributed by atoms with Crippen molar-refractivity contribution in [2.45, 2.75) is 6.92 Å². The van der Waals surface area contributed by atoms with Crippen LogP contribution in [0.25, 0.3) is 5.65 Å². The van der Waals surface area contributed by atoms with E-state index in [2.05, 4.69) is 32.2 Å². The Labute approximate surface area is 116 Å². The molecule has 0 spiro atoms. The number of nitrogens with zero attached hydrogens (tertiary/aromatic N) is 4. The third-order valence-electron chi connectivity index (χ3n) is 2.82. The number of rotatable bonds is 1. The van der Waals surface area contributed by atoms with Gasteiger partial charge in [0, 0.05) is 12.6 Å². The summed E-state index contributed by atoms with van der Waals surface area (Å²) in [7, 11) is 1.80. The van der Waals surface area contributed by atoms with Crippen LogP contribution in [0.5, 0.6) is 0 Å². The third kappa shape index (κ3) is 2.19. The van der Waals surface area contributed by atoms with Crippen molar-refractivity contribution < 1.29 is 0 Å². The zero-order valence-corrected chi connectivity index (χ0v) is 11.3. The number of nitrogens with one attached hydrogen (secondary N) is 1. The fourth-order valence-corrected chi connectivity index (χ4v) is 1.89. The van der Waals surface area contributed by atoms with E-state index in [0.717, 1.165) is 11.1 Å². The maximum Gasteiger partial charge on any atom is 0.227 e. The lowest BCUT2D eigenvalue weighted by Gasteiger charge is -2.02. The number of aryl methyl sites for hydroxylation is 1. The molecule has 0 fully saturated rings. The van der Waals surface area contributed by atoms with Crippen LogP contribution in [-0.4, -0.2) is 26.6 Å². The van der Waals surface area contributed by atoms with Gasteiger partial charge in [0.25, 0.3) is 0 Å². The number of hydrogen-bond acceptors (Lipinski definition) is 4. The zero-order chi connectivity index (χ0) is 13.9. The molecule has 5 heteroatoms. The van der Waals surface area contributed by atoms with Crippen LogP contribution >= 0.6 is 0 Å². The summed E-state index contributed by atoms with van der Waals surface area (Å²) in [6, 6.07) is 9.84. The van der Waals surface area contributed by atoms with E-state index >= 15 is 0 Å². The minimum atomic E-state index is 0.653. The van der Waals surface area contributed by atoms with Gasteiger partial charge in [0.1, 0.15) is 5.82 Å². The minimum absolute atomic E-state index is 0.653. The predicted octanol–water partition coefficient (Wildman–Crippen LogP) is 1.87. The van der Waals surface area contributed by atoms with Crippen LogP contribution in [-0.2, 0) is 0 Å². The van der Waals surface area contributed by atoms with Gasteiger partial charge in [-0.15, -0.1) is 0 Å². The van der Waals surface area contributed by atoms with Crippen LogP contribution in [0.1, 0.15) is 17.0 Å². The summed E-state index contributed by atoms with van der Waals surface area (Å²) in [5, 5.41) is 7.27. The molecule has 0 radical (unpaired) electrons. The normalized spacial score (nSPS) is 10.1. The van der Waals surface area contributed by atoms with Crippen molar-refractivity contribution >= 4 is 11.6 Å². The first kappa shape index (κ1) is 12.2. The van der Waals surface area contributed by atoms with Gasteiger partial charge in [-0.2, -0.15) is 14.6 Å². The van der Waals surface area contributed by atoms with Gasteiger partial charge in [-0.1, -0.05) is 30.0 Å². The molecule has 0 amide bonds. The van der Waals surface area contributed by atoms with Gasteiger partial charge in [-0.25, -0.2) is 4.98 Å². The molecule has 0 unspecified atom stereocenters. The van der Waals surface area contributed by atoms with E-state index in [4.69, 9.17) is 0 Å². The van der Waals surface area contributed by atoms with Crippen LogP contribution in [0.4, 0.5) is 5.95 Å². The average Bonchev–Trinajstić information content (AvgIpc) is 2.88. The van der Waals surface area contributed by atoms with E-state index in [-0.39, 0.29) is 0 Å². The molecule has 5 nitrogen and oxygen atoms in total. The summed E-state index contributed by atoms with van der Waals surface area (Å²) in [6.07, 6.45) is 1.71. The Morgan fingerprint density at radius 3 is 2.65 bits per heavy atom. The lowest BCUT2D eigenvalue weighted by Crippen LogP contribution is -2.05. The van der Waals surface area contributed by atoms with Crippen LogP contribution in [0.3, 0.4) is 0 Å². The Morgan fingerprint density at radius 1 is 1.10 bits per heavy atom. The predicted molar refractivity (Wildman–Crippen MR) is 77.5 cm³/mol. The summed E-state index contributed by atoms with van der Waals surface area (Å²) in [5.74, 6) is 7.56. The number of aromatic nitrogens is 4. The fourth-order valence-electron chi connectivity index (χ4n) is 1.89. The molecule has 0 saturated heterocycles. The molecule has 3 aromatic rings. The molecule has 20 heavy (non-hydrogen) atoms. The van der Waals surface area contributed by atoms with Crippen LogP contribution in [0.2, 0.25) is 0 Å². The van der Waals surface area contributed by atoms with Gasteiger partial charge in [0.2, 0.25) is 5.95 Å². The highest BCUT2D eigenvalue weighted by Crippen LogP contribution is 2.11. The van der Waals surface area contributed by atoms with E-state index in [0.29, 0.717) is 17.4 Å². The molecule has 0 aliphatic heterocycles. The van der Waals surface area contributed by atoms with Gasteiger partial charge in [0.05, 0.1) is 11.8 Å². The fraction of sp³-hybridized carbons (Fsp3) is 0.133. The average molecular weight is 263 g/mol. The van der Waals surface area contributed by atoms with Gasteiger partial charge < -0.3 is 5.32 Å². The van der Waals surface area contributed by atoms with Crippen molar-refractivity contribution in [3.8, 4) is 11.8 Å². The van der Waals surface area contributed by atoms with Crippen molar-refractivity contribution in [3.05, 3.63) is 53.5 Å². The second kappa shape index (κ2) is 5.02. The van der Waals surface area contributed by atoms with Crippen molar-refractivity contribution in [1.29, 1.82) is 0 Å². The topological polar surface area (TPSA) is 55.1 Å². The SMILES string of the molecule is CNc1nc(C)nc2c(C#Cc3ccccc3)cnn12. The van der Waals surface area contributed by atoms with E-state index in [1.54, 1.807) is 17.8 Å². The maximum atomic E-state index is 4.40. The Hall–Kier alpha value is -2.87. The highest BCUT2D eigenvalue weighted by Gasteiger charge is 2.08. The Bertz CT molecular complexity index is 809. The molecule has 3 rings (SSSR count). The smallest absolute Gasteiger partial charge is 0.227 e. The summed E-state index contributed by atoms with van der Waals surface area (Å²) in [4.78, 5) is 8.68. The van der Waals surface area contributed by atoms with Crippen LogP contribution in [0.15, 0.2) is 36.5 Å². The largest absolute Gasteiger partial charge is 0.357 e. The van der Waals surface area contributed by atoms with Crippen LogP contribution < -0.4 is 5.32 Å². The van der Waals surface area contributed by atoms with Crippen molar-refractivity contribution in [2.24, 2.45) is 0 Å². The van der Waals surface area contributed by atoms with E-state index in [1.165, 1.54) is 0 Å².